The van der Waals surface area contributed by atoms with Gasteiger partial charge < -0.3 is 5.73 Å². The quantitative estimate of drug-likeness (QED) is 0.943. The van der Waals surface area contributed by atoms with Crippen molar-refractivity contribution in [1.29, 1.82) is 5.26 Å². The SMILES string of the molecule is N#CC1(C(N)=O)CCN(Cc2ccc(-c3ccccc3)s2)C1. The fourth-order valence-electron chi connectivity index (χ4n) is 2.81. The summed E-state index contributed by atoms with van der Waals surface area (Å²) in [5.74, 6) is -0.506. The van der Waals surface area contributed by atoms with Crippen LogP contribution in [0.2, 0.25) is 0 Å². The highest BCUT2D eigenvalue weighted by Gasteiger charge is 2.43. The lowest BCUT2D eigenvalue weighted by molar-refractivity contribution is -0.124. The Morgan fingerprint density at radius 1 is 1.32 bits per heavy atom. The summed E-state index contributed by atoms with van der Waals surface area (Å²) >= 11 is 1.75. The third-order valence-electron chi connectivity index (χ3n) is 4.13. The first-order valence-electron chi connectivity index (χ1n) is 7.21. The van der Waals surface area contributed by atoms with Crippen LogP contribution in [0.15, 0.2) is 42.5 Å². The number of nitrogens with two attached hydrogens (primary N) is 1. The van der Waals surface area contributed by atoms with Crippen LogP contribution in [0.4, 0.5) is 0 Å². The molecular weight excluding hydrogens is 294 g/mol. The van der Waals surface area contributed by atoms with E-state index in [0.29, 0.717) is 13.0 Å². The van der Waals surface area contributed by atoms with E-state index < -0.39 is 11.3 Å². The molecule has 112 valence electrons. The number of likely N-dealkylation sites (tertiary alicyclic amines) is 1. The monoisotopic (exact) mass is 311 g/mol. The Kier molecular flexibility index (Phi) is 3.97. The second kappa shape index (κ2) is 5.91. The minimum absolute atomic E-state index is 0.428. The molecule has 1 atom stereocenters. The number of amides is 1. The maximum Gasteiger partial charge on any atom is 0.239 e. The van der Waals surface area contributed by atoms with Crippen molar-refractivity contribution in [2.24, 2.45) is 11.1 Å². The maximum atomic E-state index is 11.5. The van der Waals surface area contributed by atoms with E-state index in [0.717, 1.165) is 13.1 Å². The minimum atomic E-state index is -1.01. The number of hydrogen-bond donors (Lipinski definition) is 1. The molecular formula is C17H17N3OS. The van der Waals surface area contributed by atoms with Gasteiger partial charge in [0.2, 0.25) is 5.91 Å². The molecule has 2 N–H and O–H groups in total. The number of nitrogens with zero attached hydrogens (tertiary/aromatic N) is 2. The summed E-state index contributed by atoms with van der Waals surface area (Å²) in [4.78, 5) is 16.1. The van der Waals surface area contributed by atoms with Crippen molar-refractivity contribution < 1.29 is 4.79 Å². The molecule has 2 heterocycles. The van der Waals surface area contributed by atoms with Crippen LogP contribution < -0.4 is 5.73 Å². The largest absolute Gasteiger partial charge is 0.368 e. The molecule has 0 radical (unpaired) electrons. The highest BCUT2D eigenvalue weighted by Crippen LogP contribution is 2.33. The van der Waals surface area contributed by atoms with Gasteiger partial charge in [0.05, 0.1) is 6.07 Å². The fraction of sp³-hybridized carbons (Fsp3) is 0.294. The Morgan fingerprint density at radius 2 is 2.09 bits per heavy atom. The van der Waals surface area contributed by atoms with Crippen molar-refractivity contribution in [3.05, 3.63) is 47.3 Å². The Hall–Kier alpha value is -2.16. The Labute approximate surface area is 133 Å². The molecule has 1 amide bonds. The number of rotatable bonds is 4. The molecule has 0 bridgehead atoms. The van der Waals surface area contributed by atoms with Crippen molar-refractivity contribution in [2.45, 2.75) is 13.0 Å². The molecule has 0 aliphatic carbocycles. The molecule has 0 saturated carbocycles. The van der Waals surface area contributed by atoms with Gasteiger partial charge in [-0.15, -0.1) is 11.3 Å². The van der Waals surface area contributed by atoms with E-state index in [1.807, 2.05) is 18.2 Å². The van der Waals surface area contributed by atoms with Crippen molar-refractivity contribution in [1.82, 2.24) is 4.90 Å². The summed E-state index contributed by atoms with van der Waals surface area (Å²) in [6.07, 6.45) is 0.524. The number of hydrogen-bond acceptors (Lipinski definition) is 4. The van der Waals surface area contributed by atoms with E-state index in [9.17, 15) is 10.1 Å². The molecule has 1 aliphatic heterocycles. The third-order valence-corrected chi connectivity index (χ3v) is 5.25. The molecule has 1 aliphatic rings. The molecule has 22 heavy (non-hydrogen) atoms. The van der Waals surface area contributed by atoms with E-state index >= 15 is 0 Å². The van der Waals surface area contributed by atoms with E-state index in [1.165, 1.54) is 15.3 Å². The topological polar surface area (TPSA) is 70.1 Å². The van der Waals surface area contributed by atoms with Crippen LogP contribution in [0.1, 0.15) is 11.3 Å². The van der Waals surface area contributed by atoms with E-state index in [4.69, 9.17) is 5.73 Å². The van der Waals surface area contributed by atoms with Crippen LogP contribution in [0.25, 0.3) is 10.4 Å². The Bertz CT molecular complexity index is 719. The van der Waals surface area contributed by atoms with Gasteiger partial charge in [0, 0.05) is 29.4 Å². The summed E-state index contributed by atoms with van der Waals surface area (Å²) in [7, 11) is 0. The van der Waals surface area contributed by atoms with Crippen LogP contribution >= 0.6 is 11.3 Å². The van der Waals surface area contributed by atoms with Crippen LogP contribution in [0, 0.1) is 16.7 Å². The second-order valence-corrected chi connectivity index (χ2v) is 6.82. The number of benzene rings is 1. The summed E-state index contributed by atoms with van der Waals surface area (Å²) in [6, 6.07) is 16.6. The van der Waals surface area contributed by atoms with Gasteiger partial charge in [-0.25, -0.2) is 0 Å². The van der Waals surface area contributed by atoms with Gasteiger partial charge in [-0.2, -0.15) is 5.26 Å². The number of thiophene rings is 1. The molecule has 1 aromatic heterocycles. The highest BCUT2D eigenvalue weighted by atomic mass is 32.1. The lowest BCUT2D eigenvalue weighted by Gasteiger charge is -2.18. The van der Waals surface area contributed by atoms with Gasteiger partial charge in [-0.1, -0.05) is 30.3 Å². The van der Waals surface area contributed by atoms with E-state index in [1.54, 1.807) is 11.3 Å². The van der Waals surface area contributed by atoms with Crippen molar-refractivity contribution in [3.63, 3.8) is 0 Å². The van der Waals surface area contributed by atoms with Crippen molar-refractivity contribution >= 4 is 17.2 Å². The predicted octanol–water partition coefficient (Wildman–Crippen LogP) is 2.62. The summed E-state index contributed by atoms with van der Waals surface area (Å²) < 4.78 is 0. The van der Waals surface area contributed by atoms with Crippen molar-refractivity contribution in [3.8, 4) is 16.5 Å². The molecule has 5 heteroatoms. The van der Waals surface area contributed by atoms with E-state index in [-0.39, 0.29) is 0 Å². The smallest absolute Gasteiger partial charge is 0.239 e. The lowest BCUT2D eigenvalue weighted by atomic mass is 9.88. The van der Waals surface area contributed by atoms with E-state index in [2.05, 4.69) is 35.2 Å². The van der Waals surface area contributed by atoms with Crippen LogP contribution in [0.3, 0.4) is 0 Å². The van der Waals surface area contributed by atoms with Gasteiger partial charge in [0.1, 0.15) is 5.41 Å². The number of carbonyl (C=O) groups excluding carboxylic acids is 1. The van der Waals surface area contributed by atoms with Crippen molar-refractivity contribution in [2.75, 3.05) is 13.1 Å². The third kappa shape index (κ3) is 2.76. The predicted molar refractivity (Wildman–Crippen MR) is 86.9 cm³/mol. The molecule has 0 spiro atoms. The summed E-state index contributed by atoms with van der Waals surface area (Å²) in [6.45, 7) is 1.92. The molecule has 3 rings (SSSR count). The lowest BCUT2D eigenvalue weighted by Crippen LogP contribution is -2.38. The maximum absolute atomic E-state index is 11.5. The Morgan fingerprint density at radius 3 is 2.73 bits per heavy atom. The van der Waals surface area contributed by atoms with Gasteiger partial charge in [0.15, 0.2) is 0 Å². The highest BCUT2D eigenvalue weighted by molar-refractivity contribution is 7.15. The average molecular weight is 311 g/mol. The van der Waals surface area contributed by atoms with Gasteiger partial charge in [0.25, 0.3) is 0 Å². The molecule has 1 fully saturated rings. The molecule has 1 saturated heterocycles. The number of nitriles is 1. The van der Waals surface area contributed by atoms with Gasteiger partial charge in [-0.05, 0) is 24.1 Å². The van der Waals surface area contributed by atoms with Crippen LogP contribution in [-0.2, 0) is 11.3 Å². The molecule has 1 unspecified atom stereocenters. The standard InChI is InChI=1S/C17H17N3OS/c18-11-17(16(19)21)8-9-20(12-17)10-14-6-7-15(22-14)13-4-2-1-3-5-13/h1-7H,8-10,12H2,(H2,19,21). The fourth-order valence-corrected chi connectivity index (χ4v) is 3.87. The van der Waals surface area contributed by atoms with Gasteiger partial charge in [-0.3, -0.25) is 9.69 Å². The Balaban J connectivity index is 1.70. The first-order chi connectivity index (χ1) is 10.6. The first kappa shape index (κ1) is 14.8. The zero-order valence-electron chi connectivity index (χ0n) is 12.2. The number of carbonyl (C=O) groups is 1. The number of primary amides is 1. The zero-order valence-corrected chi connectivity index (χ0v) is 13.0. The van der Waals surface area contributed by atoms with Gasteiger partial charge >= 0.3 is 0 Å². The molecule has 4 nitrogen and oxygen atoms in total. The van der Waals surface area contributed by atoms with Crippen LogP contribution in [-0.4, -0.2) is 23.9 Å². The summed E-state index contributed by atoms with van der Waals surface area (Å²) in [5, 5.41) is 9.25. The summed E-state index contributed by atoms with van der Waals surface area (Å²) in [5.41, 5.74) is 5.59. The second-order valence-electron chi connectivity index (χ2n) is 5.65. The average Bonchev–Trinajstić information content (AvgIpc) is 3.16. The zero-order chi connectivity index (χ0) is 15.6. The normalized spacial score (nSPS) is 21.6. The van der Waals surface area contributed by atoms with Crippen LogP contribution in [0.5, 0.6) is 0 Å². The minimum Gasteiger partial charge on any atom is -0.368 e. The first-order valence-corrected chi connectivity index (χ1v) is 8.02. The molecule has 1 aromatic carbocycles. The molecule has 2 aromatic rings.